The van der Waals surface area contributed by atoms with Gasteiger partial charge in [0.1, 0.15) is 0 Å². The fourth-order valence-electron chi connectivity index (χ4n) is 2.31. The zero-order valence-corrected chi connectivity index (χ0v) is 14.5. The minimum Gasteiger partial charge on any atom is -0.223 e. The van der Waals surface area contributed by atoms with Gasteiger partial charge < -0.3 is 0 Å². The summed E-state index contributed by atoms with van der Waals surface area (Å²) in [6.45, 7) is 2.94. The molecule has 0 aliphatic rings. The van der Waals surface area contributed by atoms with Crippen molar-refractivity contribution in [2.24, 2.45) is 0 Å². The summed E-state index contributed by atoms with van der Waals surface area (Å²) in [5.74, 6) is 0. The highest BCUT2D eigenvalue weighted by atomic mass is 32.2. The zero-order chi connectivity index (χ0) is 17.1. The summed E-state index contributed by atoms with van der Waals surface area (Å²) in [6, 6.07) is 15.7. The summed E-state index contributed by atoms with van der Waals surface area (Å²) in [6.07, 6.45) is 1.35. The lowest BCUT2D eigenvalue weighted by atomic mass is 10.4. The quantitative estimate of drug-likeness (QED) is 0.830. The van der Waals surface area contributed by atoms with Gasteiger partial charge in [-0.1, -0.05) is 42.5 Å². The second-order valence-electron chi connectivity index (χ2n) is 5.01. The molecule has 2 aromatic carbocycles. The van der Waals surface area contributed by atoms with Crippen LogP contribution in [0.2, 0.25) is 0 Å². The molecule has 0 fully saturated rings. The molecule has 1 atom stereocenters. The van der Waals surface area contributed by atoms with Crippen LogP contribution >= 0.6 is 0 Å². The van der Waals surface area contributed by atoms with Gasteiger partial charge in [-0.2, -0.15) is 0 Å². The molecular weight excluding hydrogens is 332 g/mol. The van der Waals surface area contributed by atoms with Crippen molar-refractivity contribution in [3.63, 3.8) is 0 Å². The molecule has 0 radical (unpaired) electrons. The van der Waals surface area contributed by atoms with Crippen LogP contribution in [-0.4, -0.2) is 22.1 Å². The molecule has 23 heavy (non-hydrogen) atoms. The molecule has 0 saturated carbocycles. The summed E-state index contributed by atoms with van der Waals surface area (Å²) in [7, 11) is -7.65. The first kappa shape index (κ1) is 17.4. The maximum Gasteiger partial charge on any atom is 0.203 e. The Balaban J connectivity index is 2.51. The number of rotatable bonds is 5. The molecule has 0 spiro atoms. The molecule has 0 aliphatic carbocycles. The van der Waals surface area contributed by atoms with E-state index in [1.54, 1.807) is 36.4 Å². The van der Waals surface area contributed by atoms with Crippen molar-refractivity contribution in [3.8, 4) is 0 Å². The lowest BCUT2D eigenvalue weighted by Crippen LogP contribution is -2.25. The normalized spacial score (nSPS) is 14.4. The molecule has 0 aliphatic heterocycles. The number of hydrogen-bond donors (Lipinski definition) is 0. The minimum atomic E-state index is -3.86. The fourth-order valence-corrected chi connectivity index (χ4v) is 5.99. The van der Waals surface area contributed by atoms with E-state index < -0.39 is 24.9 Å². The SMILES string of the molecule is C/C=C(/C(C)S(=O)(=O)c1ccccc1)S(=O)(=O)c1ccccc1. The molecule has 4 nitrogen and oxygen atoms in total. The topological polar surface area (TPSA) is 68.3 Å². The van der Waals surface area contributed by atoms with Crippen LogP contribution in [0.15, 0.2) is 81.4 Å². The van der Waals surface area contributed by atoms with E-state index in [-0.39, 0.29) is 14.7 Å². The van der Waals surface area contributed by atoms with E-state index in [9.17, 15) is 16.8 Å². The van der Waals surface area contributed by atoms with Crippen LogP contribution in [-0.2, 0) is 19.7 Å². The predicted molar refractivity (Wildman–Crippen MR) is 90.5 cm³/mol. The predicted octanol–water partition coefficient (Wildman–Crippen LogP) is 3.23. The molecule has 122 valence electrons. The monoisotopic (exact) mass is 350 g/mol. The molecular formula is C17H18O4S2. The van der Waals surface area contributed by atoms with Gasteiger partial charge in [0.15, 0.2) is 9.84 Å². The second kappa shape index (κ2) is 6.68. The molecule has 1 unspecified atom stereocenters. The van der Waals surface area contributed by atoms with Crippen LogP contribution in [0, 0.1) is 0 Å². The lowest BCUT2D eigenvalue weighted by Gasteiger charge is -2.17. The summed E-state index contributed by atoms with van der Waals surface area (Å²) in [5.41, 5.74) is 0. The Morgan fingerprint density at radius 3 is 1.70 bits per heavy atom. The maximum absolute atomic E-state index is 12.8. The largest absolute Gasteiger partial charge is 0.223 e. The average Bonchev–Trinajstić information content (AvgIpc) is 2.56. The van der Waals surface area contributed by atoms with Crippen molar-refractivity contribution in [1.29, 1.82) is 0 Å². The van der Waals surface area contributed by atoms with Crippen molar-refractivity contribution >= 4 is 19.7 Å². The van der Waals surface area contributed by atoms with Gasteiger partial charge >= 0.3 is 0 Å². The third kappa shape index (κ3) is 3.38. The van der Waals surface area contributed by atoms with Crippen molar-refractivity contribution in [2.75, 3.05) is 0 Å². The Kier molecular flexibility index (Phi) is 5.06. The van der Waals surface area contributed by atoms with Gasteiger partial charge in [-0.25, -0.2) is 16.8 Å². The Morgan fingerprint density at radius 2 is 1.26 bits per heavy atom. The van der Waals surface area contributed by atoms with E-state index in [2.05, 4.69) is 0 Å². The van der Waals surface area contributed by atoms with E-state index in [4.69, 9.17) is 0 Å². The lowest BCUT2D eigenvalue weighted by molar-refractivity contribution is 0.584. The summed E-state index contributed by atoms with van der Waals surface area (Å²) in [4.78, 5) is 0.0749. The Bertz CT molecular complexity index is 898. The summed E-state index contributed by atoms with van der Waals surface area (Å²) < 4.78 is 50.9. The first-order valence-electron chi connectivity index (χ1n) is 7.07. The first-order valence-corrected chi connectivity index (χ1v) is 10.1. The van der Waals surface area contributed by atoms with E-state index in [0.717, 1.165) is 0 Å². The van der Waals surface area contributed by atoms with Crippen LogP contribution in [0.25, 0.3) is 0 Å². The standard InChI is InChI=1S/C17H18O4S2/c1-3-17(23(20,21)16-12-8-5-9-13-16)14(2)22(18,19)15-10-6-4-7-11-15/h3-14H,1-2H3/b17-3-. The zero-order valence-electron chi connectivity index (χ0n) is 12.9. The molecule has 0 saturated heterocycles. The first-order chi connectivity index (χ1) is 10.8. The van der Waals surface area contributed by atoms with E-state index >= 15 is 0 Å². The van der Waals surface area contributed by atoms with Crippen LogP contribution in [0.1, 0.15) is 13.8 Å². The van der Waals surface area contributed by atoms with E-state index in [1.807, 2.05) is 0 Å². The van der Waals surface area contributed by atoms with Crippen molar-refractivity contribution < 1.29 is 16.8 Å². The van der Waals surface area contributed by atoms with Crippen LogP contribution in [0.4, 0.5) is 0 Å². The van der Waals surface area contributed by atoms with E-state index in [1.165, 1.54) is 44.2 Å². The summed E-state index contributed by atoms with van der Waals surface area (Å²) >= 11 is 0. The van der Waals surface area contributed by atoms with Gasteiger partial charge in [0.25, 0.3) is 0 Å². The van der Waals surface area contributed by atoms with Gasteiger partial charge in [0.2, 0.25) is 9.84 Å². The van der Waals surface area contributed by atoms with Crippen LogP contribution in [0.5, 0.6) is 0 Å². The van der Waals surface area contributed by atoms with Gasteiger partial charge in [-0.15, -0.1) is 0 Å². The number of hydrogen-bond acceptors (Lipinski definition) is 4. The Labute approximate surface area is 137 Å². The molecule has 6 heteroatoms. The highest BCUT2D eigenvalue weighted by Crippen LogP contribution is 2.28. The number of sulfone groups is 2. The van der Waals surface area contributed by atoms with Gasteiger partial charge in [-0.3, -0.25) is 0 Å². The molecule has 2 rings (SSSR count). The molecule has 0 N–H and O–H groups in total. The van der Waals surface area contributed by atoms with Crippen molar-refractivity contribution in [2.45, 2.75) is 28.9 Å². The van der Waals surface area contributed by atoms with Crippen molar-refractivity contribution in [3.05, 3.63) is 71.6 Å². The van der Waals surface area contributed by atoms with Crippen LogP contribution < -0.4 is 0 Å². The smallest absolute Gasteiger partial charge is 0.203 e. The average molecular weight is 350 g/mol. The highest BCUT2D eigenvalue weighted by molar-refractivity contribution is 7.98. The van der Waals surface area contributed by atoms with E-state index in [0.29, 0.717) is 0 Å². The molecule has 0 heterocycles. The molecule has 0 amide bonds. The third-order valence-electron chi connectivity index (χ3n) is 3.59. The maximum atomic E-state index is 12.8. The van der Waals surface area contributed by atoms with Gasteiger partial charge in [0, 0.05) is 0 Å². The fraction of sp³-hybridized carbons (Fsp3) is 0.176. The van der Waals surface area contributed by atoms with Gasteiger partial charge in [0.05, 0.1) is 19.9 Å². The molecule has 0 bridgehead atoms. The number of allylic oxidation sites excluding steroid dienone is 1. The Morgan fingerprint density at radius 1 is 0.826 bits per heavy atom. The number of benzene rings is 2. The van der Waals surface area contributed by atoms with Crippen LogP contribution in [0.3, 0.4) is 0 Å². The minimum absolute atomic E-state index is 0.0863. The molecule has 0 aromatic heterocycles. The highest BCUT2D eigenvalue weighted by Gasteiger charge is 2.34. The van der Waals surface area contributed by atoms with Crippen molar-refractivity contribution in [1.82, 2.24) is 0 Å². The van der Waals surface area contributed by atoms with Gasteiger partial charge in [-0.05, 0) is 38.1 Å². The second-order valence-corrected chi connectivity index (χ2v) is 9.23. The summed E-state index contributed by atoms with van der Waals surface area (Å²) in [5, 5.41) is -1.17. The third-order valence-corrected chi connectivity index (χ3v) is 7.95. The molecule has 2 aromatic rings. The Hall–Kier alpha value is -1.92.